The van der Waals surface area contributed by atoms with E-state index in [4.69, 9.17) is 0 Å². The first-order valence-electron chi connectivity index (χ1n) is 17.1. The standard InChI is InChI=1S/C36H54N4O.C2H6O.C2H6/c1-9-16-30(4)29-39(11-3)33-22-20-32(21-23-33)31(5)40(34-17-13-12-14-18-34)27-25-36(6,10-2)24-15-19-35(41)37-26-28-38(7)8;1-3-2;1-2/h11-14,17-18,20-23,29H,3,5,9-10,15-16,19,24-28H2,1-2,4,6-8H3,(H,37,41);1-2H3;1-2H3/b30-29+;;. The van der Waals surface area contributed by atoms with Gasteiger partial charge in [0.05, 0.1) is 0 Å². The molecule has 2 aromatic rings. The maximum absolute atomic E-state index is 12.3. The highest BCUT2D eigenvalue weighted by Crippen LogP contribution is 2.35. The number of allylic oxidation sites excluding steroid dienone is 1. The van der Waals surface area contributed by atoms with E-state index in [0.717, 1.165) is 74.2 Å². The number of nitrogens with zero attached hydrogens (tertiary/aromatic N) is 3. The molecule has 0 aromatic heterocycles. The van der Waals surface area contributed by atoms with E-state index in [1.165, 1.54) is 5.57 Å². The Balaban J connectivity index is 0.00000381. The van der Waals surface area contributed by atoms with Gasteiger partial charge in [0.15, 0.2) is 0 Å². The van der Waals surface area contributed by atoms with Gasteiger partial charge in [-0.2, -0.15) is 0 Å². The average molecular weight is 635 g/mol. The quantitative estimate of drug-likeness (QED) is 0.167. The molecule has 0 aliphatic rings. The van der Waals surface area contributed by atoms with Gasteiger partial charge >= 0.3 is 0 Å². The summed E-state index contributed by atoms with van der Waals surface area (Å²) in [5.41, 5.74) is 5.80. The van der Waals surface area contributed by atoms with E-state index >= 15 is 0 Å². The molecular formula is C40H66N4O2. The number of carbonyl (C=O) groups is 1. The Labute approximate surface area is 283 Å². The molecule has 258 valence electrons. The van der Waals surface area contributed by atoms with Gasteiger partial charge in [-0.3, -0.25) is 4.79 Å². The van der Waals surface area contributed by atoms with E-state index < -0.39 is 0 Å². The zero-order valence-electron chi connectivity index (χ0n) is 31.0. The zero-order chi connectivity index (χ0) is 35.0. The second-order valence-corrected chi connectivity index (χ2v) is 12.1. The monoisotopic (exact) mass is 635 g/mol. The van der Waals surface area contributed by atoms with Crippen molar-refractivity contribution in [3.63, 3.8) is 0 Å². The molecule has 0 aliphatic heterocycles. The smallest absolute Gasteiger partial charge is 0.220 e. The molecule has 0 spiro atoms. The number of benzene rings is 2. The van der Waals surface area contributed by atoms with Crippen molar-refractivity contribution in [1.82, 2.24) is 10.2 Å². The molecule has 2 rings (SSSR count). The van der Waals surface area contributed by atoms with Crippen molar-refractivity contribution in [2.45, 2.75) is 86.5 Å². The van der Waals surface area contributed by atoms with Crippen LogP contribution in [0.2, 0.25) is 0 Å². The Morgan fingerprint density at radius 3 is 2.07 bits per heavy atom. The van der Waals surface area contributed by atoms with Gasteiger partial charge in [-0.15, -0.1) is 0 Å². The predicted molar refractivity (Wildman–Crippen MR) is 203 cm³/mol. The molecular weight excluding hydrogens is 568 g/mol. The Bertz CT molecular complexity index is 1130. The summed E-state index contributed by atoms with van der Waals surface area (Å²) in [4.78, 5) is 18.8. The molecule has 1 N–H and O–H groups in total. The number of hydrogen-bond donors (Lipinski definition) is 1. The van der Waals surface area contributed by atoms with Crippen LogP contribution in [0, 0.1) is 5.41 Å². The topological polar surface area (TPSA) is 48.0 Å². The number of anilines is 2. The molecule has 0 radical (unpaired) electrons. The van der Waals surface area contributed by atoms with Crippen LogP contribution in [0.3, 0.4) is 0 Å². The predicted octanol–water partition coefficient (Wildman–Crippen LogP) is 9.76. The molecule has 1 atom stereocenters. The minimum atomic E-state index is 0.147. The summed E-state index contributed by atoms with van der Waals surface area (Å²) >= 11 is 0. The Hall–Kier alpha value is -3.35. The lowest BCUT2D eigenvalue weighted by molar-refractivity contribution is -0.121. The molecule has 0 bridgehead atoms. The normalized spacial score (nSPS) is 12.1. The molecule has 0 saturated heterocycles. The fraction of sp³-hybridized carbons (Fsp3) is 0.525. The van der Waals surface area contributed by atoms with E-state index in [1.807, 2.05) is 34.1 Å². The minimum absolute atomic E-state index is 0.147. The number of likely N-dealkylation sites (N-methyl/N-ethyl adjacent to an activating group) is 1. The molecule has 0 aliphatic carbocycles. The SMILES string of the molecule is C=CN(/C=C(\C)CCC)c1ccc(C(=C)N(CCC(C)(CC)CCCC(=O)NCCN(C)C)c2ccccc2)cc1.CC.COC. The second kappa shape index (κ2) is 24.8. The van der Waals surface area contributed by atoms with Crippen LogP contribution in [-0.4, -0.2) is 58.8 Å². The van der Waals surface area contributed by atoms with Crippen LogP contribution in [-0.2, 0) is 9.53 Å². The van der Waals surface area contributed by atoms with Crippen molar-refractivity contribution >= 4 is 23.0 Å². The number of hydrogen-bond acceptors (Lipinski definition) is 5. The summed E-state index contributed by atoms with van der Waals surface area (Å²) in [6.07, 6.45) is 10.8. The largest absolute Gasteiger partial charge is 0.388 e. The van der Waals surface area contributed by atoms with Crippen LogP contribution in [0.25, 0.3) is 5.70 Å². The number of carbonyl (C=O) groups excluding carboxylic acids is 1. The third-order valence-electron chi connectivity index (χ3n) is 7.95. The van der Waals surface area contributed by atoms with Crippen molar-refractivity contribution < 1.29 is 9.53 Å². The second-order valence-electron chi connectivity index (χ2n) is 12.1. The highest BCUT2D eigenvalue weighted by Gasteiger charge is 2.24. The van der Waals surface area contributed by atoms with Crippen molar-refractivity contribution in [1.29, 1.82) is 0 Å². The number of nitrogens with one attached hydrogen (secondary N) is 1. The van der Waals surface area contributed by atoms with Crippen molar-refractivity contribution in [2.24, 2.45) is 5.41 Å². The molecule has 1 amide bonds. The lowest BCUT2D eigenvalue weighted by Crippen LogP contribution is -2.31. The van der Waals surface area contributed by atoms with Gasteiger partial charge in [0, 0.05) is 69.7 Å². The van der Waals surface area contributed by atoms with Gasteiger partial charge in [-0.25, -0.2) is 0 Å². The Kier molecular flexibility index (Phi) is 23.0. The van der Waals surface area contributed by atoms with Gasteiger partial charge in [-0.05, 0) is 81.9 Å². The molecule has 0 saturated carbocycles. The first-order chi connectivity index (χ1) is 22.0. The van der Waals surface area contributed by atoms with E-state index in [0.29, 0.717) is 13.0 Å². The lowest BCUT2D eigenvalue weighted by Gasteiger charge is -2.34. The van der Waals surface area contributed by atoms with Crippen molar-refractivity contribution in [3.8, 4) is 0 Å². The summed E-state index contributed by atoms with van der Waals surface area (Å²) in [6, 6.07) is 19.1. The van der Waals surface area contributed by atoms with Crippen LogP contribution >= 0.6 is 0 Å². The van der Waals surface area contributed by atoms with Crippen LogP contribution in [0.5, 0.6) is 0 Å². The Morgan fingerprint density at radius 1 is 0.935 bits per heavy atom. The maximum Gasteiger partial charge on any atom is 0.220 e. The van der Waals surface area contributed by atoms with Crippen LogP contribution in [0.4, 0.5) is 11.4 Å². The first kappa shape index (κ1) is 42.6. The van der Waals surface area contributed by atoms with Crippen molar-refractivity contribution in [2.75, 3.05) is 57.7 Å². The number of ether oxygens (including phenoxy) is 1. The fourth-order valence-electron chi connectivity index (χ4n) is 4.98. The number of para-hydroxylation sites is 1. The van der Waals surface area contributed by atoms with Crippen LogP contribution < -0.4 is 15.1 Å². The summed E-state index contributed by atoms with van der Waals surface area (Å²) in [5, 5.41) is 3.04. The highest BCUT2D eigenvalue weighted by atomic mass is 16.4. The summed E-state index contributed by atoms with van der Waals surface area (Å²) in [6.45, 7) is 24.0. The molecule has 2 aromatic carbocycles. The molecule has 1 unspecified atom stereocenters. The Morgan fingerprint density at radius 2 is 1.54 bits per heavy atom. The molecule has 0 fully saturated rings. The van der Waals surface area contributed by atoms with Crippen LogP contribution in [0.15, 0.2) is 85.7 Å². The maximum atomic E-state index is 12.3. The fourth-order valence-corrected chi connectivity index (χ4v) is 4.98. The van der Waals surface area contributed by atoms with E-state index in [2.05, 4.69) is 126 Å². The van der Waals surface area contributed by atoms with Gasteiger partial charge in [-0.1, -0.05) is 96.5 Å². The molecule has 6 nitrogen and oxygen atoms in total. The summed E-state index contributed by atoms with van der Waals surface area (Å²) in [5.74, 6) is 0.152. The zero-order valence-corrected chi connectivity index (χ0v) is 31.0. The van der Waals surface area contributed by atoms with Gasteiger partial charge < -0.3 is 24.8 Å². The first-order valence-corrected chi connectivity index (χ1v) is 17.1. The highest BCUT2D eigenvalue weighted by molar-refractivity contribution is 5.78. The van der Waals surface area contributed by atoms with E-state index in [-0.39, 0.29) is 11.3 Å². The van der Waals surface area contributed by atoms with Gasteiger partial charge in [0.1, 0.15) is 0 Å². The third-order valence-corrected chi connectivity index (χ3v) is 7.95. The van der Waals surface area contributed by atoms with E-state index in [1.54, 1.807) is 14.2 Å². The summed E-state index contributed by atoms with van der Waals surface area (Å²) in [7, 11) is 7.29. The molecule has 6 heteroatoms. The van der Waals surface area contributed by atoms with Crippen molar-refractivity contribution in [3.05, 3.63) is 91.3 Å². The molecule has 46 heavy (non-hydrogen) atoms. The van der Waals surface area contributed by atoms with Crippen LogP contribution in [0.1, 0.15) is 92.1 Å². The number of amides is 1. The van der Waals surface area contributed by atoms with Gasteiger partial charge in [0.2, 0.25) is 5.91 Å². The van der Waals surface area contributed by atoms with E-state index in [9.17, 15) is 4.79 Å². The summed E-state index contributed by atoms with van der Waals surface area (Å²) < 4.78 is 4.25. The molecule has 0 heterocycles. The van der Waals surface area contributed by atoms with Gasteiger partial charge in [0.25, 0.3) is 0 Å². The third kappa shape index (κ3) is 16.8. The number of methoxy groups -OCH3 is 1. The number of rotatable bonds is 19. The lowest BCUT2D eigenvalue weighted by atomic mass is 9.79. The average Bonchev–Trinajstić information content (AvgIpc) is 3.05. The minimum Gasteiger partial charge on any atom is -0.388 e.